The lowest BCUT2D eigenvalue weighted by molar-refractivity contribution is 0.104. The van der Waals surface area contributed by atoms with Gasteiger partial charge in [0.1, 0.15) is 4.21 Å². The Bertz CT molecular complexity index is 1120. The standard InChI is InChI=1S/C21H23N3O3S3/c1-2-15-6-3-4-7-17(15)20(25)18-14-22-21(29-18)23-16-9-11-24(12-10-16)30(26,27)19-8-5-13-28-19/h3-8,13-14,16H,2,9-12H2,1H3,(H,22,23). The van der Waals surface area contributed by atoms with Gasteiger partial charge in [-0.2, -0.15) is 4.31 Å². The molecule has 2 aromatic heterocycles. The SMILES string of the molecule is CCc1ccccc1C(=O)c1cnc(NC2CCN(S(=O)(=O)c3cccs3)CC2)s1. The Kier molecular flexibility index (Phi) is 6.33. The Morgan fingerprint density at radius 3 is 2.67 bits per heavy atom. The van der Waals surface area contributed by atoms with Crippen molar-refractivity contribution in [2.45, 2.75) is 36.4 Å². The molecule has 4 rings (SSSR count). The van der Waals surface area contributed by atoms with Gasteiger partial charge in [-0.25, -0.2) is 13.4 Å². The van der Waals surface area contributed by atoms with E-state index in [1.54, 1.807) is 28.0 Å². The summed E-state index contributed by atoms with van der Waals surface area (Å²) in [6.45, 7) is 2.98. The van der Waals surface area contributed by atoms with E-state index in [0.717, 1.165) is 17.5 Å². The van der Waals surface area contributed by atoms with Crippen LogP contribution < -0.4 is 5.32 Å². The van der Waals surface area contributed by atoms with Gasteiger partial charge in [0.15, 0.2) is 5.13 Å². The van der Waals surface area contributed by atoms with E-state index in [1.807, 2.05) is 31.2 Å². The molecule has 1 fully saturated rings. The highest BCUT2D eigenvalue weighted by molar-refractivity contribution is 7.91. The van der Waals surface area contributed by atoms with Gasteiger partial charge in [0, 0.05) is 24.7 Å². The second kappa shape index (κ2) is 8.97. The van der Waals surface area contributed by atoms with Gasteiger partial charge in [0.2, 0.25) is 5.78 Å². The molecule has 6 nitrogen and oxygen atoms in total. The average Bonchev–Trinajstić information content (AvgIpc) is 3.46. The summed E-state index contributed by atoms with van der Waals surface area (Å²) in [5, 5.41) is 5.86. The number of rotatable bonds is 7. The zero-order chi connectivity index (χ0) is 21.1. The van der Waals surface area contributed by atoms with Crippen molar-refractivity contribution < 1.29 is 13.2 Å². The number of hydrogen-bond donors (Lipinski definition) is 1. The number of piperidine rings is 1. The minimum absolute atomic E-state index is 0.00476. The molecule has 0 spiro atoms. The summed E-state index contributed by atoms with van der Waals surface area (Å²) in [5.74, 6) is -0.00476. The van der Waals surface area contributed by atoms with Crippen LogP contribution in [0.25, 0.3) is 0 Å². The molecule has 1 aliphatic rings. The van der Waals surface area contributed by atoms with Crippen molar-refractivity contribution in [3.8, 4) is 0 Å². The molecule has 0 bridgehead atoms. The zero-order valence-corrected chi connectivity index (χ0v) is 19.0. The van der Waals surface area contributed by atoms with E-state index in [0.29, 0.717) is 40.1 Å². The first-order valence-corrected chi connectivity index (χ1v) is 13.0. The molecule has 1 aromatic carbocycles. The summed E-state index contributed by atoms with van der Waals surface area (Å²) in [7, 11) is -3.39. The molecule has 0 radical (unpaired) electrons. The van der Waals surface area contributed by atoms with E-state index in [4.69, 9.17) is 0 Å². The number of anilines is 1. The molecule has 9 heteroatoms. The van der Waals surface area contributed by atoms with Crippen molar-refractivity contribution in [1.82, 2.24) is 9.29 Å². The molecule has 0 unspecified atom stereocenters. The molecule has 1 aliphatic heterocycles. The van der Waals surface area contributed by atoms with Crippen molar-refractivity contribution in [3.63, 3.8) is 0 Å². The Hall–Kier alpha value is -2.07. The Balaban J connectivity index is 1.38. The van der Waals surface area contributed by atoms with Gasteiger partial charge in [-0.15, -0.1) is 11.3 Å². The van der Waals surface area contributed by atoms with Crippen molar-refractivity contribution in [1.29, 1.82) is 0 Å². The van der Waals surface area contributed by atoms with E-state index in [-0.39, 0.29) is 11.8 Å². The lowest BCUT2D eigenvalue weighted by atomic mass is 10.0. The number of ketones is 1. The Labute approximate surface area is 184 Å². The molecule has 0 saturated carbocycles. The Morgan fingerprint density at radius 2 is 1.97 bits per heavy atom. The number of aryl methyl sites for hydroxylation is 1. The number of sulfonamides is 1. The number of carbonyl (C=O) groups excluding carboxylic acids is 1. The zero-order valence-electron chi connectivity index (χ0n) is 16.6. The van der Waals surface area contributed by atoms with Crippen LogP contribution >= 0.6 is 22.7 Å². The second-order valence-electron chi connectivity index (χ2n) is 7.12. The van der Waals surface area contributed by atoms with Crippen LogP contribution in [0, 0.1) is 0 Å². The third kappa shape index (κ3) is 4.34. The van der Waals surface area contributed by atoms with Crippen molar-refractivity contribution in [3.05, 3.63) is 64.0 Å². The summed E-state index contributed by atoms with van der Waals surface area (Å²) in [6.07, 6.45) is 3.83. The molecule has 3 heterocycles. The van der Waals surface area contributed by atoms with Crippen molar-refractivity contribution in [2.75, 3.05) is 18.4 Å². The molecular formula is C21H23N3O3S3. The van der Waals surface area contributed by atoms with Crippen LogP contribution in [0.4, 0.5) is 5.13 Å². The number of thiophene rings is 1. The first-order chi connectivity index (χ1) is 14.5. The number of aromatic nitrogens is 1. The van der Waals surface area contributed by atoms with Gasteiger partial charge in [0.25, 0.3) is 10.0 Å². The lowest BCUT2D eigenvalue weighted by Gasteiger charge is -2.31. The predicted octanol–water partition coefficient (Wildman–Crippen LogP) is 4.26. The second-order valence-corrected chi connectivity index (χ2v) is 11.3. The monoisotopic (exact) mass is 461 g/mol. The number of hydrogen-bond acceptors (Lipinski definition) is 7. The fourth-order valence-corrected chi connectivity index (χ4v) is 7.04. The van der Waals surface area contributed by atoms with Crippen LogP contribution in [-0.2, 0) is 16.4 Å². The number of benzene rings is 1. The van der Waals surface area contributed by atoms with Gasteiger partial charge in [-0.3, -0.25) is 4.79 Å². The van der Waals surface area contributed by atoms with E-state index in [9.17, 15) is 13.2 Å². The average molecular weight is 462 g/mol. The van der Waals surface area contributed by atoms with Gasteiger partial charge in [-0.05, 0) is 36.3 Å². The molecule has 30 heavy (non-hydrogen) atoms. The predicted molar refractivity (Wildman–Crippen MR) is 121 cm³/mol. The van der Waals surface area contributed by atoms with E-state index < -0.39 is 10.0 Å². The fraction of sp³-hybridized carbons (Fsp3) is 0.333. The molecule has 3 aromatic rings. The van der Waals surface area contributed by atoms with E-state index >= 15 is 0 Å². The van der Waals surface area contributed by atoms with Crippen LogP contribution in [0.2, 0.25) is 0 Å². The Morgan fingerprint density at radius 1 is 1.20 bits per heavy atom. The summed E-state index contributed by atoms with van der Waals surface area (Å²) in [5.41, 5.74) is 1.76. The van der Waals surface area contributed by atoms with Gasteiger partial charge < -0.3 is 5.32 Å². The summed E-state index contributed by atoms with van der Waals surface area (Å²) in [4.78, 5) is 17.9. The maximum Gasteiger partial charge on any atom is 0.252 e. The summed E-state index contributed by atoms with van der Waals surface area (Å²) < 4.78 is 27.2. The smallest absolute Gasteiger partial charge is 0.252 e. The third-order valence-electron chi connectivity index (χ3n) is 5.24. The van der Waals surface area contributed by atoms with Crippen LogP contribution in [0.5, 0.6) is 0 Å². The maximum absolute atomic E-state index is 12.9. The highest BCUT2D eigenvalue weighted by atomic mass is 32.2. The minimum atomic E-state index is -3.39. The van der Waals surface area contributed by atoms with E-state index in [2.05, 4.69) is 10.3 Å². The lowest BCUT2D eigenvalue weighted by Crippen LogP contribution is -2.42. The molecule has 0 aliphatic carbocycles. The summed E-state index contributed by atoms with van der Waals surface area (Å²) in [6, 6.07) is 11.2. The maximum atomic E-state index is 12.9. The van der Waals surface area contributed by atoms with Crippen LogP contribution in [0.3, 0.4) is 0 Å². The van der Waals surface area contributed by atoms with Crippen LogP contribution in [0.1, 0.15) is 40.6 Å². The molecule has 158 valence electrons. The van der Waals surface area contributed by atoms with Crippen LogP contribution in [0.15, 0.2) is 52.2 Å². The van der Waals surface area contributed by atoms with Crippen LogP contribution in [-0.4, -0.2) is 42.6 Å². The largest absolute Gasteiger partial charge is 0.359 e. The van der Waals surface area contributed by atoms with Gasteiger partial charge in [-0.1, -0.05) is 48.6 Å². The molecule has 1 N–H and O–H groups in total. The number of thiazole rings is 1. The first-order valence-electron chi connectivity index (χ1n) is 9.87. The topological polar surface area (TPSA) is 79.4 Å². The number of carbonyl (C=O) groups is 1. The normalized spacial score (nSPS) is 15.9. The highest BCUT2D eigenvalue weighted by Gasteiger charge is 2.30. The quantitative estimate of drug-likeness (QED) is 0.532. The number of nitrogens with zero attached hydrogens (tertiary/aromatic N) is 2. The molecule has 0 atom stereocenters. The van der Waals surface area contributed by atoms with Crippen molar-refractivity contribution in [2.24, 2.45) is 0 Å². The van der Waals surface area contributed by atoms with E-state index in [1.165, 1.54) is 22.7 Å². The van der Waals surface area contributed by atoms with Crippen molar-refractivity contribution >= 4 is 43.6 Å². The highest BCUT2D eigenvalue weighted by Crippen LogP contribution is 2.27. The fourth-order valence-electron chi connectivity index (χ4n) is 3.58. The minimum Gasteiger partial charge on any atom is -0.359 e. The summed E-state index contributed by atoms with van der Waals surface area (Å²) >= 11 is 2.60. The number of nitrogens with one attached hydrogen (secondary N) is 1. The van der Waals surface area contributed by atoms with Gasteiger partial charge >= 0.3 is 0 Å². The molecule has 1 saturated heterocycles. The van der Waals surface area contributed by atoms with Gasteiger partial charge in [0.05, 0.1) is 11.1 Å². The first kappa shape index (κ1) is 21.2. The molecule has 0 amide bonds. The molecular weight excluding hydrogens is 438 g/mol. The third-order valence-corrected chi connectivity index (χ3v) is 9.44.